The molecule has 1 aromatic carbocycles. The normalized spacial score (nSPS) is 13.8. The summed E-state index contributed by atoms with van der Waals surface area (Å²) in [5, 5.41) is 0. The van der Waals surface area contributed by atoms with Crippen LogP contribution in [-0.2, 0) is 26.6 Å². The topological polar surface area (TPSA) is 88.8 Å². The van der Waals surface area contributed by atoms with Gasteiger partial charge in [0.25, 0.3) is 11.1 Å². The zero-order chi connectivity index (χ0) is 22.2. The summed E-state index contributed by atoms with van der Waals surface area (Å²) in [5.41, 5.74) is 4.68. The van der Waals surface area contributed by atoms with Crippen LogP contribution in [0.1, 0.15) is 22.5 Å². The molecule has 5 rings (SSSR count). The van der Waals surface area contributed by atoms with Crippen molar-refractivity contribution in [3.63, 3.8) is 0 Å². The lowest BCUT2D eigenvalue weighted by Gasteiger charge is -2.27. The van der Waals surface area contributed by atoms with Crippen LogP contribution < -0.4 is 11.1 Å². The zero-order valence-corrected chi connectivity index (χ0v) is 18.1. The number of hydrogen-bond donors (Lipinski definition) is 1. The molecule has 3 aromatic heterocycles. The van der Waals surface area contributed by atoms with Crippen LogP contribution in [0.2, 0.25) is 0 Å². The van der Waals surface area contributed by atoms with Crippen molar-refractivity contribution in [3.05, 3.63) is 98.1 Å². The van der Waals surface area contributed by atoms with Crippen molar-refractivity contribution >= 4 is 0 Å². The largest absolute Gasteiger partial charge is 0.306 e. The summed E-state index contributed by atoms with van der Waals surface area (Å²) in [6, 6.07) is 13.3. The highest BCUT2D eigenvalue weighted by Gasteiger charge is 2.24. The van der Waals surface area contributed by atoms with Crippen LogP contribution in [0.3, 0.4) is 0 Å². The molecule has 1 aliphatic rings. The molecule has 162 valence electrons. The van der Waals surface area contributed by atoms with Gasteiger partial charge in [0.2, 0.25) is 0 Å². The molecule has 0 spiro atoms. The quantitative estimate of drug-likeness (QED) is 0.538. The second-order valence-corrected chi connectivity index (χ2v) is 8.08. The average Bonchev–Trinajstić information content (AvgIpc) is 3.03. The van der Waals surface area contributed by atoms with E-state index in [0.717, 1.165) is 34.7 Å². The van der Waals surface area contributed by atoms with Gasteiger partial charge in [-0.25, -0.2) is 9.67 Å². The summed E-state index contributed by atoms with van der Waals surface area (Å²) in [6.45, 7) is 3.65. The van der Waals surface area contributed by atoms with Gasteiger partial charge in [-0.05, 0) is 31.2 Å². The summed E-state index contributed by atoms with van der Waals surface area (Å²) in [6.07, 6.45) is 4.03. The molecule has 1 aliphatic heterocycles. The fraction of sp³-hybridized carbons (Fsp3) is 0.250. The van der Waals surface area contributed by atoms with E-state index in [1.807, 2.05) is 61.1 Å². The Labute approximate surface area is 184 Å². The number of aromatic amines is 1. The van der Waals surface area contributed by atoms with Gasteiger partial charge in [-0.1, -0.05) is 18.2 Å². The van der Waals surface area contributed by atoms with E-state index in [0.29, 0.717) is 30.9 Å². The van der Waals surface area contributed by atoms with Crippen LogP contribution in [0.4, 0.5) is 0 Å². The monoisotopic (exact) mass is 428 g/mol. The molecule has 0 bridgehead atoms. The number of H-pyrrole nitrogens is 1. The van der Waals surface area contributed by atoms with Gasteiger partial charge in [-0.3, -0.25) is 24.2 Å². The first-order valence-electron chi connectivity index (χ1n) is 10.6. The highest BCUT2D eigenvalue weighted by molar-refractivity contribution is 5.54. The Hall–Kier alpha value is -3.78. The van der Waals surface area contributed by atoms with Gasteiger partial charge in [0.05, 0.1) is 22.5 Å². The van der Waals surface area contributed by atoms with E-state index in [9.17, 15) is 9.59 Å². The number of para-hydroxylation sites is 1. The fourth-order valence-electron chi connectivity index (χ4n) is 4.29. The number of benzene rings is 1. The lowest BCUT2D eigenvalue weighted by Crippen LogP contribution is -2.36. The van der Waals surface area contributed by atoms with Crippen molar-refractivity contribution in [1.29, 1.82) is 0 Å². The highest BCUT2D eigenvalue weighted by Crippen LogP contribution is 2.20. The Morgan fingerprint density at radius 1 is 1.06 bits per heavy atom. The van der Waals surface area contributed by atoms with Gasteiger partial charge < -0.3 is 4.98 Å². The number of hydrogen-bond acceptors (Lipinski definition) is 5. The van der Waals surface area contributed by atoms with Crippen LogP contribution in [-0.4, -0.2) is 35.8 Å². The van der Waals surface area contributed by atoms with Gasteiger partial charge >= 0.3 is 0 Å². The lowest BCUT2D eigenvalue weighted by atomic mass is 10.1. The Morgan fingerprint density at radius 3 is 2.56 bits per heavy atom. The van der Waals surface area contributed by atoms with Crippen LogP contribution in [0.15, 0.2) is 64.4 Å². The van der Waals surface area contributed by atoms with Crippen molar-refractivity contribution in [3.8, 4) is 17.1 Å². The fourth-order valence-corrected chi connectivity index (χ4v) is 4.29. The molecule has 0 aliphatic carbocycles. The zero-order valence-electron chi connectivity index (χ0n) is 18.1. The molecule has 0 amide bonds. The van der Waals surface area contributed by atoms with E-state index in [-0.39, 0.29) is 11.1 Å². The molecule has 4 heterocycles. The number of rotatable bonds is 4. The Kier molecular flexibility index (Phi) is 5.07. The van der Waals surface area contributed by atoms with E-state index in [2.05, 4.69) is 14.9 Å². The van der Waals surface area contributed by atoms with E-state index in [4.69, 9.17) is 4.98 Å². The van der Waals surface area contributed by atoms with Gasteiger partial charge in [0, 0.05) is 56.8 Å². The van der Waals surface area contributed by atoms with E-state index in [1.165, 1.54) is 0 Å². The molecule has 0 atom stereocenters. The van der Waals surface area contributed by atoms with Gasteiger partial charge in [0.1, 0.15) is 5.82 Å². The minimum absolute atomic E-state index is 0.0259. The van der Waals surface area contributed by atoms with Crippen LogP contribution in [0, 0.1) is 6.92 Å². The maximum Gasteiger partial charge on any atom is 0.276 e. The molecule has 8 heteroatoms. The number of fused-ring (bicyclic) bond motifs is 1. The molecule has 32 heavy (non-hydrogen) atoms. The van der Waals surface area contributed by atoms with Crippen LogP contribution in [0.5, 0.6) is 0 Å². The summed E-state index contributed by atoms with van der Waals surface area (Å²) in [4.78, 5) is 39.8. The molecule has 0 saturated heterocycles. The van der Waals surface area contributed by atoms with Crippen LogP contribution >= 0.6 is 0 Å². The predicted octanol–water partition coefficient (Wildman–Crippen LogP) is 2.19. The molecular weight excluding hydrogens is 404 g/mol. The maximum atomic E-state index is 13.2. The molecule has 0 saturated carbocycles. The Bertz CT molecular complexity index is 1390. The molecule has 0 fully saturated rings. The highest BCUT2D eigenvalue weighted by atomic mass is 16.1. The summed E-state index contributed by atoms with van der Waals surface area (Å²) in [5.74, 6) is 0.564. The van der Waals surface area contributed by atoms with Gasteiger partial charge in [-0.2, -0.15) is 0 Å². The smallest absolute Gasteiger partial charge is 0.276 e. The number of nitrogens with one attached hydrogen (secondary N) is 1. The number of aromatic nitrogens is 5. The van der Waals surface area contributed by atoms with Crippen molar-refractivity contribution in [2.45, 2.75) is 26.4 Å². The number of pyridine rings is 1. The first-order valence-corrected chi connectivity index (χ1v) is 10.6. The third-order valence-corrected chi connectivity index (χ3v) is 6.16. The molecule has 4 aromatic rings. The number of nitrogens with zero attached hydrogens (tertiary/aromatic N) is 5. The molecule has 0 radical (unpaired) electrons. The van der Waals surface area contributed by atoms with E-state index in [1.54, 1.807) is 17.1 Å². The second kappa shape index (κ2) is 8.05. The first-order chi connectivity index (χ1) is 15.5. The SMILES string of the molecule is Cc1c(CN2CCc3nc(-c4ccncc4)[nH]c(=O)c3C2)c(=O)n(-c2ccccc2)n1C. The van der Waals surface area contributed by atoms with Crippen LogP contribution in [0.25, 0.3) is 17.1 Å². The third-order valence-electron chi connectivity index (χ3n) is 6.16. The third kappa shape index (κ3) is 3.48. The average molecular weight is 428 g/mol. The van der Waals surface area contributed by atoms with Crippen molar-refractivity contribution in [2.75, 3.05) is 6.54 Å². The summed E-state index contributed by atoms with van der Waals surface area (Å²) < 4.78 is 3.58. The van der Waals surface area contributed by atoms with E-state index < -0.39 is 0 Å². The summed E-state index contributed by atoms with van der Waals surface area (Å²) >= 11 is 0. The minimum Gasteiger partial charge on any atom is -0.306 e. The predicted molar refractivity (Wildman–Crippen MR) is 122 cm³/mol. The Morgan fingerprint density at radius 2 is 1.81 bits per heavy atom. The Balaban J connectivity index is 1.43. The maximum absolute atomic E-state index is 13.2. The first kappa shape index (κ1) is 20.1. The van der Waals surface area contributed by atoms with Crippen molar-refractivity contribution in [1.82, 2.24) is 29.2 Å². The van der Waals surface area contributed by atoms with Crippen molar-refractivity contribution < 1.29 is 0 Å². The minimum atomic E-state index is -0.127. The van der Waals surface area contributed by atoms with E-state index >= 15 is 0 Å². The lowest BCUT2D eigenvalue weighted by molar-refractivity contribution is 0.240. The molecular formula is C24H24N6O2. The summed E-state index contributed by atoms with van der Waals surface area (Å²) in [7, 11) is 1.90. The second-order valence-electron chi connectivity index (χ2n) is 8.08. The molecule has 1 N–H and O–H groups in total. The standard InChI is InChI=1S/C24H24N6O2/c1-16-19(24(32)30(28(16)2)18-6-4-3-5-7-18)14-29-13-10-21-20(15-29)23(31)27-22(26-21)17-8-11-25-12-9-17/h3-9,11-12H,10,13-15H2,1-2H3,(H,26,27,31). The van der Waals surface area contributed by atoms with Gasteiger partial charge in [-0.15, -0.1) is 0 Å². The van der Waals surface area contributed by atoms with Gasteiger partial charge in [0.15, 0.2) is 0 Å². The van der Waals surface area contributed by atoms with Crippen molar-refractivity contribution in [2.24, 2.45) is 7.05 Å². The molecule has 8 nitrogen and oxygen atoms in total. The molecule has 0 unspecified atom stereocenters.